The fourth-order valence-electron chi connectivity index (χ4n) is 3.72. The highest BCUT2D eigenvalue weighted by Gasteiger charge is 2.23. The van der Waals surface area contributed by atoms with Crippen molar-refractivity contribution in [3.05, 3.63) is 0 Å². The lowest BCUT2D eigenvalue weighted by Crippen LogP contribution is -2.19. The molecule has 0 heterocycles. The average molecular weight is 282 g/mol. The standard InChI is InChI=1S/C18H34O2/c1-2-3-11-16-13-9-10-14-17(16)12-7-5-4-6-8-15-18(19)20/h16-17H,2-15H2,1H3,(H,19,20). The summed E-state index contributed by atoms with van der Waals surface area (Å²) in [5.74, 6) is 1.36. The van der Waals surface area contributed by atoms with Crippen LogP contribution in [0.1, 0.15) is 96.8 Å². The molecular weight excluding hydrogens is 248 g/mol. The normalized spacial score (nSPS) is 22.9. The van der Waals surface area contributed by atoms with Crippen LogP contribution in [0.4, 0.5) is 0 Å². The van der Waals surface area contributed by atoms with Gasteiger partial charge in [-0.25, -0.2) is 0 Å². The van der Waals surface area contributed by atoms with E-state index in [0.29, 0.717) is 6.42 Å². The summed E-state index contributed by atoms with van der Waals surface area (Å²) >= 11 is 0. The summed E-state index contributed by atoms with van der Waals surface area (Å²) in [4.78, 5) is 10.4. The molecule has 1 rings (SSSR count). The van der Waals surface area contributed by atoms with E-state index < -0.39 is 5.97 Å². The Balaban J connectivity index is 2.04. The molecule has 1 aliphatic rings. The molecule has 1 fully saturated rings. The molecule has 0 aromatic rings. The highest BCUT2D eigenvalue weighted by molar-refractivity contribution is 5.66. The summed E-state index contributed by atoms with van der Waals surface area (Å²) in [5, 5.41) is 8.59. The van der Waals surface area contributed by atoms with Crippen LogP contribution < -0.4 is 0 Å². The maximum Gasteiger partial charge on any atom is 0.303 e. The molecule has 0 amide bonds. The molecule has 1 saturated carbocycles. The zero-order chi connectivity index (χ0) is 14.6. The van der Waals surface area contributed by atoms with Crippen molar-refractivity contribution in [2.24, 2.45) is 11.8 Å². The number of aliphatic carboxylic acids is 1. The number of hydrogen-bond acceptors (Lipinski definition) is 1. The fourth-order valence-corrected chi connectivity index (χ4v) is 3.72. The van der Waals surface area contributed by atoms with Gasteiger partial charge in [0.25, 0.3) is 0 Å². The molecule has 20 heavy (non-hydrogen) atoms. The van der Waals surface area contributed by atoms with Crippen LogP contribution in [0.2, 0.25) is 0 Å². The second kappa shape index (κ2) is 11.2. The van der Waals surface area contributed by atoms with Crippen LogP contribution >= 0.6 is 0 Å². The van der Waals surface area contributed by atoms with Crippen LogP contribution in [0, 0.1) is 11.8 Å². The van der Waals surface area contributed by atoms with Gasteiger partial charge < -0.3 is 5.11 Å². The van der Waals surface area contributed by atoms with Crippen LogP contribution in [0.15, 0.2) is 0 Å². The van der Waals surface area contributed by atoms with E-state index in [1.807, 2.05) is 0 Å². The van der Waals surface area contributed by atoms with E-state index in [2.05, 4.69) is 6.92 Å². The van der Waals surface area contributed by atoms with E-state index in [9.17, 15) is 4.79 Å². The van der Waals surface area contributed by atoms with Crippen LogP contribution in [0.25, 0.3) is 0 Å². The Morgan fingerprint density at radius 1 is 0.900 bits per heavy atom. The molecule has 0 radical (unpaired) electrons. The summed E-state index contributed by atoms with van der Waals surface area (Å²) in [6.45, 7) is 2.30. The van der Waals surface area contributed by atoms with Crippen LogP contribution in [0.3, 0.4) is 0 Å². The van der Waals surface area contributed by atoms with Gasteiger partial charge in [-0.3, -0.25) is 4.79 Å². The molecule has 0 bridgehead atoms. The van der Waals surface area contributed by atoms with Gasteiger partial charge in [0.15, 0.2) is 0 Å². The van der Waals surface area contributed by atoms with Crippen molar-refractivity contribution in [2.75, 3.05) is 0 Å². The smallest absolute Gasteiger partial charge is 0.303 e. The summed E-state index contributed by atoms with van der Waals surface area (Å²) < 4.78 is 0. The Morgan fingerprint density at radius 3 is 2.05 bits per heavy atom. The average Bonchev–Trinajstić information content (AvgIpc) is 2.44. The number of unbranched alkanes of at least 4 members (excludes halogenated alkanes) is 5. The van der Waals surface area contributed by atoms with Crippen LogP contribution in [0.5, 0.6) is 0 Å². The topological polar surface area (TPSA) is 37.3 Å². The van der Waals surface area contributed by atoms with Crippen molar-refractivity contribution >= 4 is 5.97 Å². The highest BCUT2D eigenvalue weighted by Crippen LogP contribution is 2.36. The largest absolute Gasteiger partial charge is 0.481 e. The molecule has 2 unspecified atom stereocenters. The van der Waals surface area contributed by atoms with Gasteiger partial charge in [0, 0.05) is 6.42 Å². The molecule has 0 aromatic carbocycles. The minimum atomic E-state index is -0.647. The van der Waals surface area contributed by atoms with E-state index >= 15 is 0 Å². The predicted octanol–water partition coefficient (Wildman–Crippen LogP) is 5.80. The second-order valence-corrected chi connectivity index (χ2v) is 6.65. The van der Waals surface area contributed by atoms with E-state index in [0.717, 1.165) is 24.7 Å². The number of hydrogen-bond donors (Lipinski definition) is 1. The summed E-state index contributed by atoms with van der Waals surface area (Å²) in [7, 11) is 0. The van der Waals surface area contributed by atoms with Gasteiger partial charge in [-0.1, -0.05) is 84.0 Å². The van der Waals surface area contributed by atoms with Gasteiger partial charge in [-0.05, 0) is 18.3 Å². The zero-order valence-corrected chi connectivity index (χ0v) is 13.4. The first-order chi connectivity index (χ1) is 9.74. The van der Waals surface area contributed by atoms with Crippen molar-refractivity contribution in [3.63, 3.8) is 0 Å². The van der Waals surface area contributed by atoms with E-state index in [1.54, 1.807) is 0 Å². The van der Waals surface area contributed by atoms with E-state index in [1.165, 1.54) is 70.6 Å². The van der Waals surface area contributed by atoms with Crippen molar-refractivity contribution in [3.8, 4) is 0 Å². The van der Waals surface area contributed by atoms with Gasteiger partial charge >= 0.3 is 5.97 Å². The zero-order valence-electron chi connectivity index (χ0n) is 13.4. The first kappa shape index (κ1) is 17.5. The van der Waals surface area contributed by atoms with E-state index in [-0.39, 0.29) is 0 Å². The van der Waals surface area contributed by atoms with Gasteiger partial charge in [0.2, 0.25) is 0 Å². The molecule has 0 spiro atoms. The van der Waals surface area contributed by atoms with Gasteiger partial charge in [-0.2, -0.15) is 0 Å². The SMILES string of the molecule is CCCCC1CCCCC1CCCCCCCC(=O)O. The minimum Gasteiger partial charge on any atom is -0.481 e. The summed E-state index contributed by atoms with van der Waals surface area (Å²) in [6, 6.07) is 0. The first-order valence-electron chi connectivity index (χ1n) is 8.95. The molecule has 1 N–H and O–H groups in total. The molecular formula is C18H34O2. The van der Waals surface area contributed by atoms with E-state index in [4.69, 9.17) is 5.11 Å². The lowest BCUT2D eigenvalue weighted by Gasteiger charge is -2.31. The minimum absolute atomic E-state index is 0.349. The molecule has 0 saturated heterocycles. The summed E-state index contributed by atoms with van der Waals surface area (Å²) in [5.41, 5.74) is 0. The Morgan fingerprint density at radius 2 is 1.45 bits per heavy atom. The first-order valence-corrected chi connectivity index (χ1v) is 8.95. The van der Waals surface area contributed by atoms with Crippen molar-refractivity contribution < 1.29 is 9.90 Å². The van der Waals surface area contributed by atoms with Gasteiger partial charge in [-0.15, -0.1) is 0 Å². The molecule has 1 aliphatic carbocycles. The predicted molar refractivity (Wildman–Crippen MR) is 84.9 cm³/mol. The number of carbonyl (C=O) groups is 1. The molecule has 2 heteroatoms. The molecule has 0 aliphatic heterocycles. The third kappa shape index (κ3) is 7.91. The van der Waals surface area contributed by atoms with Crippen molar-refractivity contribution in [1.29, 1.82) is 0 Å². The fraction of sp³-hybridized carbons (Fsp3) is 0.944. The third-order valence-corrected chi connectivity index (χ3v) is 4.96. The van der Waals surface area contributed by atoms with Crippen molar-refractivity contribution in [2.45, 2.75) is 96.8 Å². The van der Waals surface area contributed by atoms with Gasteiger partial charge in [0.05, 0.1) is 0 Å². The monoisotopic (exact) mass is 282 g/mol. The Labute approximate surface area is 125 Å². The van der Waals surface area contributed by atoms with Crippen molar-refractivity contribution in [1.82, 2.24) is 0 Å². The number of carboxylic acid groups (broad SMARTS) is 1. The lowest BCUT2D eigenvalue weighted by atomic mass is 9.74. The number of carboxylic acids is 1. The lowest BCUT2D eigenvalue weighted by molar-refractivity contribution is -0.137. The quantitative estimate of drug-likeness (QED) is 0.486. The molecule has 0 aromatic heterocycles. The molecule has 2 nitrogen and oxygen atoms in total. The van der Waals surface area contributed by atoms with Crippen LogP contribution in [-0.4, -0.2) is 11.1 Å². The number of rotatable bonds is 11. The van der Waals surface area contributed by atoms with Crippen LogP contribution in [-0.2, 0) is 4.79 Å². The third-order valence-electron chi connectivity index (χ3n) is 4.96. The Hall–Kier alpha value is -0.530. The highest BCUT2D eigenvalue weighted by atomic mass is 16.4. The maximum absolute atomic E-state index is 10.4. The summed E-state index contributed by atoms with van der Waals surface area (Å²) in [6.07, 6.45) is 17.7. The molecule has 118 valence electrons. The molecule has 2 atom stereocenters. The second-order valence-electron chi connectivity index (χ2n) is 6.65. The Kier molecular flexibility index (Phi) is 9.78. The Bertz CT molecular complexity index is 250. The maximum atomic E-state index is 10.4. The van der Waals surface area contributed by atoms with Gasteiger partial charge in [0.1, 0.15) is 0 Å².